The molecular formula is C7H17NO3. The summed E-state index contributed by atoms with van der Waals surface area (Å²) < 4.78 is 0. The van der Waals surface area contributed by atoms with E-state index in [2.05, 4.69) is 11.8 Å². The van der Waals surface area contributed by atoms with Crippen LogP contribution < -0.4 is 0 Å². The van der Waals surface area contributed by atoms with Crippen LogP contribution in [0.2, 0.25) is 0 Å². The van der Waals surface area contributed by atoms with Gasteiger partial charge in [-0.2, -0.15) is 0 Å². The Hall–Kier alpha value is -0.160. The molecule has 0 spiro atoms. The average Bonchev–Trinajstić information content (AvgIpc) is 1.86. The average molecular weight is 163 g/mol. The molecule has 68 valence electrons. The first kappa shape index (κ1) is 10.8. The fourth-order valence-corrected chi connectivity index (χ4v) is 0.895. The predicted octanol–water partition coefficient (Wildman–Crippen LogP) is 1.97. The molecule has 0 amide bonds. The zero-order valence-electron chi connectivity index (χ0n) is 7.16. The van der Waals surface area contributed by atoms with E-state index in [1.807, 2.05) is 0 Å². The topological polar surface area (TPSA) is 52.9 Å². The van der Waals surface area contributed by atoms with Crippen LogP contribution >= 0.6 is 0 Å². The van der Waals surface area contributed by atoms with E-state index >= 15 is 0 Å². The van der Waals surface area contributed by atoms with Gasteiger partial charge in [-0.3, -0.25) is 10.4 Å². The SMILES string of the molecule is CCCCC[C@H](C)ON(O)O. The molecule has 0 aliphatic carbocycles. The first-order valence-corrected chi connectivity index (χ1v) is 4.01. The van der Waals surface area contributed by atoms with Crippen molar-refractivity contribution in [3.8, 4) is 0 Å². The van der Waals surface area contributed by atoms with E-state index in [4.69, 9.17) is 10.4 Å². The quantitative estimate of drug-likeness (QED) is 0.464. The molecule has 11 heavy (non-hydrogen) atoms. The second kappa shape index (κ2) is 6.54. The lowest BCUT2D eigenvalue weighted by atomic mass is 10.1. The van der Waals surface area contributed by atoms with E-state index in [-0.39, 0.29) is 11.5 Å². The molecule has 1 atom stereocenters. The third kappa shape index (κ3) is 7.74. The molecule has 0 unspecified atom stereocenters. The van der Waals surface area contributed by atoms with Crippen molar-refractivity contribution in [2.24, 2.45) is 0 Å². The summed E-state index contributed by atoms with van der Waals surface area (Å²) in [5, 5.41) is 16.3. The monoisotopic (exact) mass is 163 g/mol. The summed E-state index contributed by atoms with van der Waals surface area (Å²) in [5.74, 6) is 0. The third-order valence-electron chi connectivity index (χ3n) is 1.49. The zero-order chi connectivity index (χ0) is 8.69. The van der Waals surface area contributed by atoms with Gasteiger partial charge < -0.3 is 0 Å². The van der Waals surface area contributed by atoms with Gasteiger partial charge in [0.15, 0.2) is 0 Å². The van der Waals surface area contributed by atoms with Gasteiger partial charge in [-0.25, -0.2) is 4.84 Å². The summed E-state index contributed by atoms with van der Waals surface area (Å²) in [5.41, 5.74) is 0. The highest BCUT2D eigenvalue weighted by Crippen LogP contribution is 2.05. The minimum atomic E-state index is -0.226. The fraction of sp³-hybridized carbons (Fsp3) is 1.00. The molecule has 0 saturated heterocycles. The van der Waals surface area contributed by atoms with E-state index in [0.29, 0.717) is 0 Å². The molecule has 4 heteroatoms. The lowest BCUT2D eigenvalue weighted by molar-refractivity contribution is -0.503. The van der Waals surface area contributed by atoms with Crippen LogP contribution in [0.25, 0.3) is 0 Å². The van der Waals surface area contributed by atoms with Crippen molar-refractivity contribution >= 4 is 0 Å². The van der Waals surface area contributed by atoms with Gasteiger partial charge in [0.05, 0.1) is 11.5 Å². The molecule has 0 aliphatic heterocycles. The van der Waals surface area contributed by atoms with Gasteiger partial charge in [-0.1, -0.05) is 26.2 Å². The van der Waals surface area contributed by atoms with Gasteiger partial charge in [0.2, 0.25) is 0 Å². The maximum atomic E-state index is 8.25. The Balaban J connectivity index is 3.15. The van der Waals surface area contributed by atoms with E-state index in [1.54, 1.807) is 6.92 Å². The molecule has 0 aliphatic rings. The number of unbranched alkanes of at least 4 members (excludes halogenated alkanes) is 2. The molecular weight excluding hydrogens is 146 g/mol. The maximum Gasteiger partial charge on any atom is 0.0816 e. The van der Waals surface area contributed by atoms with Gasteiger partial charge in [0, 0.05) is 0 Å². The Morgan fingerprint density at radius 3 is 2.45 bits per heavy atom. The molecule has 0 radical (unpaired) electrons. The number of nitrogens with zero attached hydrogens (tertiary/aromatic N) is 1. The van der Waals surface area contributed by atoms with Gasteiger partial charge in [0.25, 0.3) is 0 Å². The summed E-state index contributed by atoms with van der Waals surface area (Å²) in [6, 6.07) is 0. The smallest absolute Gasteiger partial charge is 0.0816 e. The Morgan fingerprint density at radius 1 is 1.36 bits per heavy atom. The second-order valence-corrected chi connectivity index (χ2v) is 2.66. The van der Waals surface area contributed by atoms with Gasteiger partial charge in [0.1, 0.15) is 0 Å². The van der Waals surface area contributed by atoms with E-state index in [0.717, 1.165) is 25.7 Å². The lowest BCUT2D eigenvalue weighted by Crippen LogP contribution is -2.21. The Morgan fingerprint density at radius 2 is 2.00 bits per heavy atom. The van der Waals surface area contributed by atoms with Crippen LogP contribution in [-0.4, -0.2) is 21.9 Å². The van der Waals surface area contributed by atoms with Crippen molar-refractivity contribution < 1.29 is 15.3 Å². The molecule has 2 N–H and O–H groups in total. The maximum absolute atomic E-state index is 8.25. The molecule has 0 aromatic carbocycles. The van der Waals surface area contributed by atoms with Crippen molar-refractivity contribution in [3.63, 3.8) is 0 Å². The first-order valence-electron chi connectivity index (χ1n) is 4.01. The van der Waals surface area contributed by atoms with Crippen molar-refractivity contribution in [2.75, 3.05) is 0 Å². The first-order chi connectivity index (χ1) is 5.16. The molecule has 0 aromatic heterocycles. The predicted molar refractivity (Wildman–Crippen MR) is 40.1 cm³/mol. The van der Waals surface area contributed by atoms with Crippen LogP contribution in [0, 0.1) is 0 Å². The largest absolute Gasteiger partial charge is 0.266 e. The van der Waals surface area contributed by atoms with Crippen molar-refractivity contribution in [2.45, 2.75) is 45.6 Å². The van der Waals surface area contributed by atoms with Crippen molar-refractivity contribution in [3.05, 3.63) is 0 Å². The minimum Gasteiger partial charge on any atom is -0.266 e. The Labute approximate surface area is 67.3 Å². The van der Waals surface area contributed by atoms with Gasteiger partial charge >= 0.3 is 0 Å². The highest BCUT2D eigenvalue weighted by molar-refractivity contribution is 4.48. The van der Waals surface area contributed by atoms with Gasteiger partial charge in [-0.05, 0) is 13.3 Å². The Kier molecular flexibility index (Phi) is 6.45. The summed E-state index contributed by atoms with van der Waals surface area (Å²) in [4.78, 5) is 4.54. The van der Waals surface area contributed by atoms with Crippen LogP contribution in [0.1, 0.15) is 39.5 Å². The minimum absolute atomic E-state index is 0.128. The van der Waals surface area contributed by atoms with Crippen LogP contribution in [0.15, 0.2) is 0 Å². The zero-order valence-corrected chi connectivity index (χ0v) is 7.16. The highest BCUT2D eigenvalue weighted by atomic mass is 17.1. The fourth-order valence-electron chi connectivity index (χ4n) is 0.895. The van der Waals surface area contributed by atoms with Crippen molar-refractivity contribution in [1.29, 1.82) is 0 Å². The Bertz CT molecular complexity index is 87.8. The van der Waals surface area contributed by atoms with Crippen LogP contribution in [-0.2, 0) is 4.84 Å². The van der Waals surface area contributed by atoms with Crippen LogP contribution in [0.4, 0.5) is 0 Å². The summed E-state index contributed by atoms with van der Waals surface area (Å²) in [6.45, 7) is 3.92. The molecule has 4 nitrogen and oxygen atoms in total. The lowest BCUT2D eigenvalue weighted by Gasteiger charge is -2.13. The molecule has 0 rings (SSSR count). The molecule has 0 fully saturated rings. The summed E-state index contributed by atoms with van der Waals surface area (Å²) in [6.07, 6.45) is 4.10. The van der Waals surface area contributed by atoms with Crippen LogP contribution in [0.3, 0.4) is 0 Å². The van der Waals surface area contributed by atoms with E-state index in [9.17, 15) is 0 Å². The van der Waals surface area contributed by atoms with E-state index in [1.165, 1.54) is 0 Å². The third-order valence-corrected chi connectivity index (χ3v) is 1.49. The summed E-state index contributed by atoms with van der Waals surface area (Å²) >= 11 is 0. The number of hydrogen-bond acceptors (Lipinski definition) is 4. The second-order valence-electron chi connectivity index (χ2n) is 2.66. The number of rotatable bonds is 6. The molecule has 0 aromatic rings. The summed E-state index contributed by atoms with van der Waals surface area (Å²) in [7, 11) is 0. The van der Waals surface area contributed by atoms with Crippen molar-refractivity contribution in [1.82, 2.24) is 5.39 Å². The molecule has 0 heterocycles. The molecule has 0 saturated carbocycles. The molecule has 0 bridgehead atoms. The number of hydrogen-bond donors (Lipinski definition) is 2. The van der Waals surface area contributed by atoms with E-state index < -0.39 is 0 Å². The van der Waals surface area contributed by atoms with Gasteiger partial charge in [-0.15, -0.1) is 0 Å². The normalized spacial score (nSPS) is 13.9. The van der Waals surface area contributed by atoms with Crippen LogP contribution in [0.5, 0.6) is 0 Å². The standard InChI is InChI=1S/C7H17NO3/c1-3-4-5-6-7(2)11-8(9)10/h7,9-10H,3-6H2,1-2H3/t7-/m0/s1. The highest BCUT2D eigenvalue weighted by Gasteiger charge is 2.04.